The van der Waals surface area contributed by atoms with Crippen LogP contribution in [0.1, 0.15) is 63.2 Å². The van der Waals surface area contributed by atoms with Gasteiger partial charge in [0.05, 0.1) is 17.9 Å². The van der Waals surface area contributed by atoms with Gasteiger partial charge in [0.25, 0.3) is 5.91 Å². The standard InChI is InChI=1S/C28H33N7O3/c1-15-9-10-19(31-13-15)22(36)11-20-24-28(12-23(29)34-24)25(37)21(14-35(28)27(30)33-20)32-26(38)18-8-4-6-16-5-2-3-7-17(16)18/h4,6,8-10,13,20-21,24-25,37H,2-3,5,7,11-12,14H2,1H3,(H2,29,34)(H2,30,33)(H,32,38)/t20?,21?,24-,25?,28-/m0/s1. The molecule has 0 saturated carbocycles. The van der Waals surface area contributed by atoms with Gasteiger partial charge < -0.3 is 26.8 Å². The topological polar surface area (TPSA) is 159 Å². The number of pyridine rings is 1. The van der Waals surface area contributed by atoms with E-state index < -0.39 is 29.8 Å². The van der Waals surface area contributed by atoms with Crippen LogP contribution in [0.25, 0.3) is 0 Å². The zero-order chi connectivity index (χ0) is 26.6. The molecule has 0 bridgehead atoms. The van der Waals surface area contributed by atoms with Crippen molar-refractivity contribution in [3.63, 3.8) is 0 Å². The summed E-state index contributed by atoms with van der Waals surface area (Å²) >= 11 is 0. The molecular formula is C28H33N7O3. The molecule has 4 heterocycles. The van der Waals surface area contributed by atoms with Gasteiger partial charge in [0, 0.05) is 31.1 Å². The summed E-state index contributed by atoms with van der Waals surface area (Å²) < 4.78 is 0. The predicted octanol–water partition coefficient (Wildman–Crippen LogP) is 0.882. The summed E-state index contributed by atoms with van der Waals surface area (Å²) in [5.41, 5.74) is 16.0. The van der Waals surface area contributed by atoms with Crippen LogP contribution in [0.3, 0.4) is 0 Å². The molecule has 10 nitrogen and oxygen atoms in total. The Kier molecular flexibility index (Phi) is 5.94. The van der Waals surface area contributed by atoms with Crippen LogP contribution in [0.5, 0.6) is 0 Å². The largest absolute Gasteiger partial charge is 0.388 e. The maximum absolute atomic E-state index is 13.4. The van der Waals surface area contributed by atoms with Gasteiger partial charge in [-0.3, -0.25) is 19.6 Å². The number of hydrogen-bond acceptors (Lipinski definition) is 9. The lowest BCUT2D eigenvalue weighted by atomic mass is 9.77. The summed E-state index contributed by atoms with van der Waals surface area (Å²) in [5.74, 6) is 0.204. The maximum atomic E-state index is 13.4. The number of hydrogen-bond donors (Lipinski definition) is 4. The van der Waals surface area contributed by atoms with Crippen LogP contribution in [0.2, 0.25) is 0 Å². The molecular weight excluding hydrogens is 482 g/mol. The van der Waals surface area contributed by atoms with Gasteiger partial charge in [-0.1, -0.05) is 18.2 Å². The Bertz CT molecular complexity index is 1350. The molecule has 10 heteroatoms. The van der Waals surface area contributed by atoms with Gasteiger partial charge in [0.1, 0.15) is 23.4 Å². The number of nitrogens with two attached hydrogens (primary N) is 2. The van der Waals surface area contributed by atoms with Crippen LogP contribution in [-0.2, 0) is 12.8 Å². The van der Waals surface area contributed by atoms with Gasteiger partial charge in [0.15, 0.2) is 11.7 Å². The maximum Gasteiger partial charge on any atom is 0.251 e. The summed E-state index contributed by atoms with van der Waals surface area (Å²) in [4.78, 5) is 41.9. The highest BCUT2D eigenvalue weighted by atomic mass is 16.3. The summed E-state index contributed by atoms with van der Waals surface area (Å²) in [6, 6.07) is 7.60. The quantitative estimate of drug-likeness (QED) is 0.430. The molecule has 6 rings (SSSR count). The predicted molar refractivity (Wildman–Crippen MR) is 143 cm³/mol. The number of aromatic nitrogens is 1. The van der Waals surface area contributed by atoms with E-state index in [0.717, 1.165) is 36.8 Å². The second-order valence-electron chi connectivity index (χ2n) is 10.9. The Morgan fingerprint density at radius 1 is 1.16 bits per heavy atom. The van der Waals surface area contributed by atoms with Gasteiger partial charge in [0.2, 0.25) is 0 Å². The number of guanidine groups is 1. The third-order valence-electron chi connectivity index (χ3n) is 8.54. The first-order valence-corrected chi connectivity index (χ1v) is 13.3. The molecule has 1 fully saturated rings. The van der Waals surface area contributed by atoms with Crippen molar-refractivity contribution >= 4 is 23.5 Å². The van der Waals surface area contributed by atoms with Crippen LogP contribution in [0.15, 0.2) is 46.5 Å². The van der Waals surface area contributed by atoms with E-state index in [1.807, 2.05) is 30.0 Å². The lowest BCUT2D eigenvalue weighted by Gasteiger charge is -2.46. The number of aliphatic imine (C=N–C) groups is 2. The molecule has 198 valence electrons. The number of amidine groups is 1. The summed E-state index contributed by atoms with van der Waals surface area (Å²) in [6.07, 6.45) is 4.99. The van der Waals surface area contributed by atoms with E-state index in [2.05, 4.69) is 26.4 Å². The molecule has 0 radical (unpaired) electrons. The monoisotopic (exact) mass is 515 g/mol. The average Bonchev–Trinajstić information content (AvgIpc) is 3.40. The van der Waals surface area contributed by atoms with Crippen molar-refractivity contribution in [1.29, 1.82) is 0 Å². The fraction of sp³-hybridized carbons (Fsp3) is 0.464. The van der Waals surface area contributed by atoms with Gasteiger partial charge in [-0.05, 0) is 61.4 Å². The molecule has 3 unspecified atom stereocenters. The Morgan fingerprint density at radius 2 is 1.97 bits per heavy atom. The van der Waals surface area contributed by atoms with Gasteiger partial charge >= 0.3 is 0 Å². The second-order valence-corrected chi connectivity index (χ2v) is 10.9. The highest BCUT2D eigenvalue weighted by Crippen LogP contribution is 2.45. The molecule has 38 heavy (non-hydrogen) atoms. The zero-order valence-corrected chi connectivity index (χ0v) is 21.4. The number of carbonyl (C=O) groups excluding carboxylic acids is 2. The van der Waals surface area contributed by atoms with Crippen molar-refractivity contribution in [2.75, 3.05) is 6.54 Å². The number of benzene rings is 1. The summed E-state index contributed by atoms with van der Waals surface area (Å²) in [5, 5.41) is 14.8. The molecule has 1 saturated heterocycles. The first kappa shape index (κ1) is 24.5. The highest BCUT2D eigenvalue weighted by Gasteiger charge is 2.65. The number of aryl methyl sites for hydroxylation is 2. The van der Waals surface area contributed by atoms with Crippen LogP contribution in [-0.4, -0.2) is 74.8 Å². The Balaban J connectivity index is 1.26. The Hall–Kier alpha value is -3.79. The van der Waals surface area contributed by atoms with E-state index in [-0.39, 0.29) is 37.0 Å². The third kappa shape index (κ3) is 3.86. The zero-order valence-electron chi connectivity index (χ0n) is 21.4. The molecule has 5 atom stereocenters. The van der Waals surface area contributed by atoms with E-state index in [1.54, 1.807) is 12.3 Å². The van der Waals surface area contributed by atoms with E-state index in [0.29, 0.717) is 17.1 Å². The lowest BCUT2D eigenvalue weighted by molar-refractivity contribution is 0.0275. The number of ketones is 1. The van der Waals surface area contributed by atoms with E-state index in [1.165, 1.54) is 5.56 Å². The molecule has 6 N–H and O–H groups in total. The summed E-state index contributed by atoms with van der Waals surface area (Å²) in [7, 11) is 0. The van der Waals surface area contributed by atoms with Crippen molar-refractivity contribution in [3.8, 4) is 0 Å². The van der Waals surface area contributed by atoms with Crippen molar-refractivity contribution in [2.24, 2.45) is 21.5 Å². The van der Waals surface area contributed by atoms with Gasteiger partial charge in [-0.25, -0.2) is 4.99 Å². The number of nitrogens with zero attached hydrogens (tertiary/aromatic N) is 4. The molecule has 1 aromatic heterocycles. The average molecular weight is 516 g/mol. The van der Waals surface area contributed by atoms with E-state index >= 15 is 0 Å². The van der Waals surface area contributed by atoms with Crippen LogP contribution in [0, 0.1) is 6.92 Å². The molecule has 2 aromatic rings. The number of amides is 1. The second kappa shape index (κ2) is 9.20. The van der Waals surface area contributed by atoms with Crippen LogP contribution < -0.4 is 16.8 Å². The van der Waals surface area contributed by atoms with Crippen LogP contribution in [0.4, 0.5) is 0 Å². The smallest absolute Gasteiger partial charge is 0.251 e. The number of rotatable bonds is 5. The fourth-order valence-corrected chi connectivity index (χ4v) is 6.73. The first-order chi connectivity index (χ1) is 18.3. The number of aliphatic hydroxyl groups excluding tert-OH is 1. The van der Waals surface area contributed by atoms with E-state index in [9.17, 15) is 14.7 Å². The highest BCUT2D eigenvalue weighted by molar-refractivity contribution is 5.97. The molecule has 1 aromatic carbocycles. The van der Waals surface area contributed by atoms with Gasteiger partial charge in [-0.2, -0.15) is 0 Å². The minimum absolute atomic E-state index is 0.0354. The SMILES string of the molecule is Cc1ccc(C(=O)CC2N=C(N)N3CC(NC(=O)c4cccc5c4CCCC5)C(O)[C@@]34CC(N)=N[C@@H]24)nc1. The number of fused-ring (bicyclic) bond motifs is 1. The molecule has 1 spiro atoms. The normalized spacial score (nSPS) is 29.6. The molecule has 4 aliphatic rings. The first-order valence-electron chi connectivity index (χ1n) is 13.3. The van der Waals surface area contributed by atoms with Crippen molar-refractivity contribution in [3.05, 3.63) is 64.5 Å². The molecule has 1 aliphatic carbocycles. The number of nitrogens with one attached hydrogen (secondary N) is 1. The minimum Gasteiger partial charge on any atom is -0.388 e. The lowest BCUT2D eigenvalue weighted by Crippen LogP contribution is -2.66. The Morgan fingerprint density at radius 3 is 2.76 bits per heavy atom. The van der Waals surface area contributed by atoms with Gasteiger partial charge in [-0.15, -0.1) is 0 Å². The number of Topliss-reactive ketones (excluding diaryl/α,β-unsaturated/α-hetero) is 1. The number of aliphatic hydroxyl groups is 1. The van der Waals surface area contributed by atoms with Crippen molar-refractivity contribution in [1.82, 2.24) is 15.2 Å². The van der Waals surface area contributed by atoms with Crippen LogP contribution >= 0.6 is 0 Å². The van der Waals surface area contributed by atoms with Crippen molar-refractivity contribution in [2.45, 2.75) is 75.2 Å². The molecule has 1 amide bonds. The van der Waals surface area contributed by atoms with E-state index in [4.69, 9.17) is 11.5 Å². The Labute approximate surface area is 221 Å². The minimum atomic E-state index is -1.01. The molecule has 3 aliphatic heterocycles. The fourth-order valence-electron chi connectivity index (χ4n) is 6.73. The number of carbonyl (C=O) groups is 2. The summed E-state index contributed by atoms with van der Waals surface area (Å²) in [6.45, 7) is 2.18. The third-order valence-corrected chi connectivity index (χ3v) is 8.54. The van der Waals surface area contributed by atoms with Crippen molar-refractivity contribution < 1.29 is 14.7 Å².